The minimum absolute atomic E-state index is 0.111. The Morgan fingerprint density at radius 1 is 0.795 bits per heavy atom. The molecule has 3 aromatic rings. The van der Waals surface area contributed by atoms with Gasteiger partial charge in [0, 0.05) is 17.9 Å². The van der Waals surface area contributed by atoms with Gasteiger partial charge in [-0.2, -0.15) is 0 Å². The summed E-state index contributed by atoms with van der Waals surface area (Å²) in [5.41, 5.74) is 0.0675. The normalized spacial score (nSPS) is 13.0. The van der Waals surface area contributed by atoms with Crippen LogP contribution in [0, 0.1) is 5.92 Å². The third-order valence-corrected chi connectivity index (χ3v) is 6.32. The fourth-order valence-electron chi connectivity index (χ4n) is 4.54. The van der Waals surface area contributed by atoms with E-state index in [4.69, 9.17) is 0 Å². The highest BCUT2D eigenvalue weighted by Gasteiger charge is 2.38. The van der Waals surface area contributed by atoms with Crippen LogP contribution in [0.4, 0.5) is 26.3 Å². The molecule has 210 valence electrons. The first-order valence-electron chi connectivity index (χ1n) is 12.4. The maximum absolute atomic E-state index is 13.1. The molecule has 1 unspecified atom stereocenters. The van der Waals surface area contributed by atoms with E-state index in [1.54, 1.807) is 49.4 Å². The molecular formula is C29H29F6NO3. The summed E-state index contributed by atoms with van der Waals surface area (Å²) in [6.45, 7) is 3.58. The minimum atomic E-state index is -4.95. The van der Waals surface area contributed by atoms with Crippen molar-refractivity contribution in [1.82, 2.24) is 5.32 Å². The summed E-state index contributed by atoms with van der Waals surface area (Å²) in [5.74, 6) is -1.61. The Bertz CT molecular complexity index is 1170. The van der Waals surface area contributed by atoms with Gasteiger partial charge in [0.1, 0.15) is 11.5 Å². The summed E-state index contributed by atoms with van der Waals surface area (Å²) in [7, 11) is 0. The first-order valence-corrected chi connectivity index (χ1v) is 12.4. The van der Waals surface area contributed by atoms with Crippen molar-refractivity contribution >= 4 is 5.91 Å². The Labute approximate surface area is 222 Å². The van der Waals surface area contributed by atoms with Gasteiger partial charge in [0.05, 0.1) is 0 Å². The first kappa shape index (κ1) is 29.9. The zero-order valence-electron chi connectivity index (χ0n) is 21.4. The van der Waals surface area contributed by atoms with E-state index in [-0.39, 0.29) is 24.8 Å². The molecule has 0 aromatic heterocycles. The zero-order chi connectivity index (χ0) is 28.7. The molecule has 0 saturated heterocycles. The van der Waals surface area contributed by atoms with E-state index < -0.39 is 29.6 Å². The number of hydrogen-bond donors (Lipinski definition) is 1. The zero-order valence-corrected chi connectivity index (χ0v) is 21.4. The third kappa shape index (κ3) is 8.66. The van der Waals surface area contributed by atoms with Crippen LogP contribution in [-0.2, 0) is 16.6 Å². The molecule has 0 bridgehead atoms. The second-order valence-electron chi connectivity index (χ2n) is 9.30. The number of carbonyl (C=O) groups is 1. The molecular weight excluding hydrogens is 524 g/mol. The number of rotatable bonds is 11. The second-order valence-corrected chi connectivity index (χ2v) is 9.30. The van der Waals surface area contributed by atoms with E-state index in [9.17, 15) is 31.1 Å². The van der Waals surface area contributed by atoms with E-state index in [1.807, 2.05) is 6.92 Å². The second kappa shape index (κ2) is 12.4. The Balaban J connectivity index is 2.21. The maximum Gasteiger partial charge on any atom is 0.573 e. The monoisotopic (exact) mass is 553 g/mol. The quantitative estimate of drug-likeness (QED) is 0.249. The molecule has 0 spiro atoms. The number of carbonyl (C=O) groups excluding carboxylic acids is 1. The van der Waals surface area contributed by atoms with Crippen LogP contribution in [0.2, 0.25) is 0 Å². The average Bonchev–Trinajstić information content (AvgIpc) is 2.85. The Morgan fingerprint density at radius 2 is 1.31 bits per heavy atom. The van der Waals surface area contributed by atoms with Crippen LogP contribution in [0.15, 0.2) is 78.9 Å². The molecule has 0 radical (unpaired) electrons. The molecule has 1 amide bonds. The molecule has 4 nitrogen and oxygen atoms in total. The van der Waals surface area contributed by atoms with Crippen LogP contribution in [-0.4, -0.2) is 25.2 Å². The van der Waals surface area contributed by atoms with E-state index in [1.165, 1.54) is 24.3 Å². The van der Waals surface area contributed by atoms with Gasteiger partial charge in [0.15, 0.2) is 0 Å². The largest absolute Gasteiger partial charge is 0.573 e. The van der Waals surface area contributed by atoms with Crippen molar-refractivity contribution < 1.29 is 40.6 Å². The highest BCUT2D eigenvalue weighted by Crippen LogP contribution is 2.40. The minimum Gasteiger partial charge on any atom is -0.406 e. The molecule has 3 rings (SSSR count). The van der Waals surface area contributed by atoms with Crippen molar-refractivity contribution in [3.05, 3.63) is 95.6 Å². The Morgan fingerprint density at radius 3 is 1.77 bits per heavy atom. The fraction of sp³-hybridized carbons (Fsp3) is 0.345. The van der Waals surface area contributed by atoms with Gasteiger partial charge in [-0.15, -0.1) is 26.3 Å². The summed E-state index contributed by atoms with van der Waals surface area (Å²) in [4.78, 5) is 12.9. The topological polar surface area (TPSA) is 47.6 Å². The van der Waals surface area contributed by atoms with Crippen molar-refractivity contribution in [3.63, 3.8) is 0 Å². The van der Waals surface area contributed by atoms with Gasteiger partial charge >= 0.3 is 12.7 Å². The third-order valence-electron chi connectivity index (χ3n) is 6.32. The molecule has 1 N–H and O–H groups in total. The highest BCUT2D eigenvalue weighted by atomic mass is 19.4. The van der Waals surface area contributed by atoms with Gasteiger partial charge in [-0.1, -0.05) is 74.9 Å². The van der Waals surface area contributed by atoms with Gasteiger partial charge in [-0.05, 0) is 53.8 Å². The van der Waals surface area contributed by atoms with Crippen LogP contribution in [0.1, 0.15) is 43.4 Å². The standard InChI is InChI=1S/C29H29F6NO3/c1-3-9-20(2)26(37)36-19-27(18-21-10-5-4-6-11-21,22-12-7-14-24(16-22)38-28(30,31)32)23-13-8-15-25(17-23)39-29(33,34)35/h4-8,10-17,20H,3,9,18-19H2,1-2H3,(H,36,37). The molecule has 0 fully saturated rings. The molecule has 10 heteroatoms. The predicted octanol–water partition coefficient (Wildman–Crippen LogP) is 7.57. The van der Waals surface area contributed by atoms with Crippen molar-refractivity contribution in [1.29, 1.82) is 0 Å². The number of nitrogens with one attached hydrogen (secondary N) is 1. The molecule has 0 aliphatic rings. The summed E-state index contributed by atoms with van der Waals surface area (Å²) in [5, 5.41) is 2.90. The van der Waals surface area contributed by atoms with Crippen LogP contribution in [0.5, 0.6) is 11.5 Å². The van der Waals surface area contributed by atoms with Gasteiger partial charge in [-0.25, -0.2) is 0 Å². The number of ether oxygens (including phenoxy) is 2. The van der Waals surface area contributed by atoms with Gasteiger partial charge < -0.3 is 14.8 Å². The molecule has 0 aliphatic heterocycles. The van der Waals surface area contributed by atoms with E-state index in [0.29, 0.717) is 17.5 Å². The predicted molar refractivity (Wildman–Crippen MR) is 134 cm³/mol. The molecule has 3 aromatic carbocycles. The van der Waals surface area contributed by atoms with Crippen LogP contribution >= 0.6 is 0 Å². The lowest BCUT2D eigenvalue weighted by Crippen LogP contribution is -2.45. The molecule has 0 saturated carbocycles. The Hall–Kier alpha value is -3.69. The molecule has 1 atom stereocenters. The van der Waals surface area contributed by atoms with Crippen molar-refractivity contribution in [2.45, 2.75) is 51.2 Å². The van der Waals surface area contributed by atoms with Gasteiger partial charge in [0.2, 0.25) is 5.91 Å². The van der Waals surface area contributed by atoms with Gasteiger partial charge in [0.25, 0.3) is 0 Å². The Kier molecular flexibility index (Phi) is 9.53. The fourth-order valence-corrected chi connectivity index (χ4v) is 4.54. The first-order chi connectivity index (χ1) is 18.3. The smallest absolute Gasteiger partial charge is 0.406 e. The van der Waals surface area contributed by atoms with Crippen LogP contribution in [0.25, 0.3) is 0 Å². The number of halogens is 6. The van der Waals surface area contributed by atoms with Crippen molar-refractivity contribution in [2.24, 2.45) is 5.92 Å². The van der Waals surface area contributed by atoms with Crippen molar-refractivity contribution in [3.8, 4) is 11.5 Å². The number of hydrogen-bond acceptors (Lipinski definition) is 3. The lowest BCUT2D eigenvalue weighted by molar-refractivity contribution is -0.275. The molecule has 0 heterocycles. The van der Waals surface area contributed by atoms with Gasteiger partial charge in [-0.3, -0.25) is 4.79 Å². The van der Waals surface area contributed by atoms with E-state index >= 15 is 0 Å². The van der Waals surface area contributed by atoms with Crippen molar-refractivity contribution in [2.75, 3.05) is 6.54 Å². The number of alkyl halides is 6. The summed E-state index contributed by atoms with van der Waals surface area (Å²) >= 11 is 0. The average molecular weight is 554 g/mol. The number of amides is 1. The van der Waals surface area contributed by atoms with E-state index in [0.717, 1.165) is 24.1 Å². The van der Waals surface area contributed by atoms with E-state index in [2.05, 4.69) is 14.8 Å². The number of benzene rings is 3. The molecule has 39 heavy (non-hydrogen) atoms. The summed E-state index contributed by atoms with van der Waals surface area (Å²) in [6, 6.07) is 19.4. The highest BCUT2D eigenvalue weighted by molar-refractivity contribution is 5.78. The summed E-state index contributed by atoms with van der Waals surface area (Å²) < 4.78 is 86.7. The maximum atomic E-state index is 13.1. The summed E-state index contributed by atoms with van der Waals surface area (Å²) in [6.07, 6.45) is -8.39. The molecule has 0 aliphatic carbocycles. The lowest BCUT2D eigenvalue weighted by atomic mass is 9.70. The lowest BCUT2D eigenvalue weighted by Gasteiger charge is -2.36. The van der Waals surface area contributed by atoms with Crippen LogP contribution in [0.3, 0.4) is 0 Å². The SMILES string of the molecule is CCCC(C)C(=O)NCC(Cc1ccccc1)(c1cccc(OC(F)(F)F)c1)c1cccc(OC(F)(F)F)c1. The van der Waals surface area contributed by atoms with Crippen LogP contribution < -0.4 is 14.8 Å².